The number of ether oxygens (including phenoxy) is 3. The summed E-state index contributed by atoms with van der Waals surface area (Å²) < 4.78 is 76.4. The summed E-state index contributed by atoms with van der Waals surface area (Å²) in [4.78, 5) is 14.4. The Morgan fingerprint density at radius 3 is 2.00 bits per heavy atom. The van der Waals surface area contributed by atoms with Crippen LogP contribution in [0.15, 0.2) is 53.4 Å². The average molecular weight is 555 g/mol. The second kappa shape index (κ2) is 12.1. The minimum absolute atomic E-state index is 0. The number of alkyl halides is 3. The van der Waals surface area contributed by atoms with Crippen LogP contribution in [-0.2, 0) is 19.4 Å². The van der Waals surface area contributed by atoms with Gasteiger partial charge in [-0.2, -0.15) is 0 Å². The molecule has 0 bridgehead atoms. The largest absolute Gasteiger partial charge is 0.573 e. The zero-order valence-electron chi connectivity index (χ0n) is 19.2. The molecule has 200 valence electrons. The molecular formula is C22H26ClF3N2O7S. The molecule has 0 aromatic heterocycles. The Morgan fingerprint density at radius 1 is 1.03 bits per heavy atom. The molecule has 1 heterocycles. The summed E-state index contributed by atoms with van der Waals surface area (Å²) in [5.74, 6) is -0.976. The molecule has 0 radical (unpaired) electrons. The molecule has 3 rings (SSSR count). The highest BCUT2D eigenvalue weighted by Crippen LogP contribution is 2.37. The van der Waals surface area contributed by atoms with Crippen LogP contribution in [0.3, 0.4) is 0 Å². The van der Waals surface area contributed by atoms with Gasteiger partial charge in [-0.05, 0) is 61.4 Å². The molecule has 0 aliphatic carbocycles. The number of likely N-dealkylation sites (tertiary alicyclic amines) is 1. The lowest BCUT2D eigenvalue weighted by Crippen LogP contribution is -2.57. The summed E-state index contributed by atoms with van der Waals surface area (Å²) in [5, 5.41) is 9.27. The van der Waals surface area contributed by atoms with Crippen LogP contribution in [-0.4, -0.2) is 68.9 Å². The summed E-state index contributed by atoms with van der Waals surface area (Å²) >= 11 is 0. The second-order valence-electron chi connectivity index (χ2n) is 7.87. The SMILES string of the molecule is COCCN1CCC(C(=O)NO)(S(=O)(=O)c2ccc(Oc3ccc(OC(F)(F)F)cc3)cc2)CC1.Cl. The van der Waals surface area contributed by atoms with Gasteiger partial charge in [-0.25, -0.2) is 13.9 Å². The Bertz CT molecular complexity index is 1110. The number of nitrogens with one attached hydrogen (secondary N) is 1. The van der Waals surface area contributed by atoms with Crippen LogP contribution in [0.1, 0.15) is 12.8 Å². The molecule has 2 N–H and O–H groups in total. The molecule has 1 amide bonds. The maximum Gasteiger partial charge on any atom is 0.573 e. The maximum atomic E-state index is 13.5. The number of nitrogens with zero attached hydrogens (tertiary/aromatic N) is 1. The van der Waals surface area contributed by atoms with E-state index >= 15 is 0 Å². The normalized spacial score (nSPS) is 16.0. The fourth-order valence-electron chi connectivity index (χ4n) is 3.84. The summed E-state index contributed by atoms with van der Waals surface area (Å²) in [5.41, 5.74) is 1.51. The Labute approximate surface area is 212 Å². The third-order valence-electron chi connectivity index (χ3n) is 5.73. The second-order valence-corrected chi connectivity index (χ2v) is 10.1. The molecule has 14 heteroatoms. The summed E-state index contributed by atoms with van der Waals surface area (Å²) in [6.45, 7) is 1.70. The van der Waals surface area contributed by atoms with Gasteiger partial charge in [-0.1, -0.05) is 0 Å². The van der Waals surface area contributed by atoms with E-state index in [0.717, 1.165) is 12.1 Å². The van der Waals surface area contributed by atoms with Crippen LogP contribution >= 0.6 is 12.4 Å². The predicted molar refractivity (Wildman–Crippen MR) is 124 cm³/mol. The number of hydrogen-bond acceptors (Lipinski definition) is 8. The van der Waals surface area contributed by atoms with Gasteiger partial charge in [0.1, 0.15) is 17.2 Å². The topological polar surface area (TPSA) is 114 Å². The number of hydrogen-bond donors (Lipinski definition) is 2. The van der Waals surface area contributed by atoms with Crippen LogP contribution in [0.2, 0.25) is 0 Å². The number of methoxy groups -OCH3 is 1. The van der Waals surface area contributed by atoms with E-state index in [1.807, 2.05) is 4.90 Å². The zero-order valence-corrected chi connectivity index (χ0v) is 20.8. The molecule has 36 heavy (non-hydrogen) atoms. The number of sulfone groups is 1. The standard InChI is InChI=1S/C22H25F3N2O7S.ClH/c1-32-15-14-27-12-10-21(11-13-27,20(28)26-29)35(30,31)19-8-6-17(7-9-19)33-16-2-4-18(5-3-16)34-22(23,24)25;/h2-9,29H,10-15H2,1H3,(H,26,28);1H. The number of benzene rings is 2. The predicted octanol–water partition coefficient (Wildman–Crippen LogP) is 3.56. The van der Waals surface area contributed by atoms with Gasteiger partial charge >= 0.3 is 6.36 Å². The quantitative estimate of drug-likeness (QED) is 0.357. The molecule has 0 atom stereocenters. The number of halogens is 4. The van der Waals surface area contributed by atoms with Gasteiger partial charge in [0, 0.05) is 26.7 Å². The van der Waals surface area contributed by atoms with Crippen molar-refractivity contribution in [2.45, 2.75) is 28.8 Å². The van der Waals surface area contributed by atoms with Gasteiger partial charge in [0.2, 0.25) is 0 Å². The van der Waals surface area contributed by atoms with Gasteiger partial charge < -0.3 is 19.1 Å². The summed E-state index contributed by atoms with van der Waals surface area (Å²) in [7, 11) is -2.64. The van der Waals surface area contributed by atoms with E-state index in [4.69, 9.17) is 9.47 Å². The van der Waals surface area contributed by atoms with E-state index in [1.165, 1.54) is 41.9 Å². The van der Waals surface area contributed by atoms with E-state index < -0.39 is 32.6 Å². The maximum absolute atomic E-state index is 13.5. The smallest absolute Gasteiger partial charge is 0.457 e. The zero-order chi connectivity index (χ0) is 25.7. The van der Waals surface area contributed by atoms with Crippen LogP contribution in [0, 0.1) is 0 Å². The Balaban J connectivity index is 0.00000456. The van der Waals surface area contributed by atoms with Crippen molar-refractivity contribution in [2.24, 2.45) is 0 Å². The number of carbonyl (C=O) groups excluding carboxylic acids is 1. The first-order valence-corrected chi connectivity index (χ1v) is 12.0. The number of piperidine rings is 1. The summed E-state index contributed by atoms with van der Waals surface area (Å²) in [6, 6.07) is 9.98. The minimum Gasteiger partial charge on any atom is -0.457 e. The molecule has 2 aromatic carbocycles. The molecular weight excluding hydrogens is 529 g/mol. The fraction of sp³-hybridized carbons (Fsp3) is 0.409. The van der Waals surface area contributed by atoms with Crippen molar-refractivity contribution in [1.82, 2.24) is 10.4 Å². The first-order chi connectivity index (χ1) is 16.5. The molecule has 1 fully saturated rings. The van der Waals surface area contributed by atoms with Gasteiger partial charge in [0.15, 0.2) is 14.6 Å². The van der Waals surface area contributed by atoms with E-state index in [1.54, 1.807) is 7.11 Å². The highest BCUT2D eigenvalue weighted by Gasteiger charge is 2.52. The summed E-state index contributed by atoms with van der Waals surface area (Å²) in [6.07, 6.45) is -4.85. The monoisotopic (exact) mass is 554 g/mol. The number of hydroxylamine groups is 1. The molecule has 1 saturated heterocycles. The molecule has 0 unspecified atom stereocenters. The van der Waals surface area contributed by atoms with Crippen LogP contribution in [0.5, 0.6) is 17.2 Å². The van der Waals surface area contributed by atoms with Gasteiger partial charge in [-0.15, -0.1) is 25.6 Å². The van der Waals surface area contributed by atoms with Gasteiger partial charge in [0.25, 0.3) is 5.91 Å². The third-order valence-corrected chi connectivity index (χ3v) is 8.25. The lowest BCUT2D eigenvalue weighted by Gasteiger charge is -2.39. The van der Waals surface area contributed by atoms with E-state index in [-0.39, 0.29) is 41.6 Å². The van der Waals surface area contributed by atoms with Crippen LogP contribution in [0.25, 0.3) is 0 Å². The number of carbonyl (C=O) groups is 1. The average Bonchev–Trinajstić information content (AvgIpc) is 2.83. The van der Waals surface area contributed by atoms with Gasteiger partial charge in [0.05, 0.1) is 11.5 Å². The van der Waals surface area contributed by atoms with Crippen molar-refractivity contribution in [3.8, 4) is 17.2 Å². The molecule has 1 aliphatic rings. The van der Waals surface area contributed by atoms with Crippen molar-refractivity contribution < 1.29 is 45.8 Å². The van der Waals surface area contributed by atoms with E-state index in [0.29, 0.717) is 26.2 Å². The van der Waals surface area contributed by atoms with Crippen molar-refractivity contribution in [2.75, 3.05) is 33.4 Å². The lowest BCUT2D eigenvalue weighted by atomic mass is 9.95. The highest BCUT2D eigenvalue weighted by atomic mass is 35.5. The molecule has 0 saturated carbocycles. The van der Waals surface area contributed by atoms with E-state index in [9.17, 15) is 31.6 Å². The van der Waals surface area contributed by atoms with Crippen molar-refractivity contribution in [3.05, 3.63) is 48.5 Å². The molecule has 1 aliphatic heterocycles. The first kappa shape index (κ1) is 29.6. The number of rotatable bonds is 9. The van der Waals surface area contributed by atoms with Crippen molar-refractivity contribution in [3.63, 3.8) is 0 Å². The molecule has 2 aromatic rings. The Kier molecular flexibility index (Phi) is 9.97. The van der Waals surface area contributed by atoms with Gasteiger partial charge in [-0.3, -0.25) is 10.0 Å². The van der Waals surface area contributed by atoms with Crippen molar-refractivity contribution in [1.29, 1.82) is 0 Å². The van der Waals surface area contributed by atoms with Crippen molar-refractivity contribution >= 4 is 28.2 Å². The Hall–Kier alpha value is -2.58. The lowest BCUT2D eigenvalue weighted by molar-refractivity contribution is -0.274. The fourth-order valence-corrected chi connectivity index (χ4v) is 5.79. The molecule has 0 spiro atoms. The highest BCUT2D eigenvalue weighted by molar-refractivity contribution is 7.93. The van der Waals surface area contributed by atoms with Crippen LogP contribution in [0.4, 0.5) is 13.2 Å². The third kappa shape index (κ3) is 6.79. The Morgan fingerprint density at radius 2 is 1.53 bits per heavy atom. The first-order valence-electron chi connectivity index (χ1n) is 10.5. The number of amides is 1. The molecule has 9 nitrogen and oxygen atoms in total. The van der Waals surface area contributed by atoms with Crippen LogP contribution < -0.4 is 15.0 Å². The minimum atomic E-state index is -4.81. The van der Waals surface area contributed by atoms with E-state index in [2.05, 4.69) is 4.74 Å².